The summed E-state index contributed by atoms with van der Waals surface area (Å²) in [5.41, 5.74) is 6.58. The fraction of sp³-hybridized carbons (Fsp3) is 0.533. The van der Waals surface area contributed by atoms with Gasteiger partial charge in [0.2, 0.25) is 0 Å². The molecule has 0 unspecified atom stereocenters. The van der Waals surface area contributed by atoms with Crippen molar-refractivity contribution < 1.29 is 0 Å². The molecule has 1 fully saturated rings. The smallest absolute Gasteiger partial charge is 0.0568 e. The van der Waals surface area contributed by atoms with Crippen LogP contribution in [-0.4, -0.2) is 8.07 Å². The van der Waals surface area contributed by atoms with E-state index < -0.39 is 8.07 Å². The van der Waals surface area contributed by atoms with E-state index >= 15 is 0 Å². The summed E-state index contributed by atoms with van der Waals surface area (Å²) >= 11 is 0. The molecule has 1 saturated carbocycles. The average Bonchev–Trinajstić information content (AvgIpc) is 2.83. The summed E-state index contributed by atoms with van der Waals surface area (Å²) in [4.78, 5) is 0. The van der Waals surface area contributed by atoms with Crippen molar-refractivity contribution in [3.05, 3.63) is 82.9 Å². The summed E-state index contributed by atoms with van der Waals surface area (Å²) in [5.74, 6) is 0.902. The zero-order valence-electron chi connectivity index (χ0n) is 20.3. The highest BCUT2D eigenvalue weighted by atomic mass is 28.3. The third-order valence-corrected chi connectivity index (χ3v) is 13.8. The molecule has 2 aromatic carbocycles. The lowest BCUT2D eigenvalue weighted by molar-refractivity contribution is 0.353. The monoisotopic (exact) mass is 432 g/mol. The van der Waals surface area contributed by atoms with Crippen LogP contribution in [0.3, 0.4) is 0 Å². The lowest BCUT2D eigenvalue weighted by Gasteiger charge is -2.32. The molecule has 3 rings (SSSR count). The number of benzene rings is 2. The molecule has 0 saturated heterocycles. The van der Waals surface area contributed by atoms with E-state index in [0.717, 1.165) is 18.8 Å². The number of allylic oxidation sites excluding steroid dienone is 2. The van der Waals surface area contributed by atoms with Crippen LogP contribution in [0.5, 0.6) is 0 Å². The van der Waals surface area contributed by atoms with E-state index in [1.54, 1.807) is 11.1 Å². The van der Waals surface area contributed by atoms with Crippen molar-refractivity contribution in [1.82, 2.24) is 0 Å². The number of rotatable bonds is 11. The minimum absolute atomic E-state index is 0.902. The molecule has 0 atom stereocenters. The van der Waals surface area contributed by atoms with E-state index in [2.05, 4.69) is 81.4 Å². The van der Waals surface area contributed by atoms with Crippen molar-refractivity contribution in [3.63, 3.8) is 0 Å². The van der Waals surface area contributed by atoms with Crippen molar-refractivity contribution in [2.75, 3.05) is 0 Å². The minimum atomic E-state index is -1.24. The van der Waals surface area contributed by atoms with Crippen molar-refractivity contribution in [2.45, 2.75) is 96.3 Å². The van der Waals surface area contributed by atoms with Crippen LogP contribution in [0.15, 0.2) is 71.8 Å². The van der Waals surface area contributed by atoms with Gasteiger partial charge in [-0.25, -0.2) is 0 Å². The van der Waals surface area contributed by atoms with Crippen LogP contribution in [0, 0.1) is 5.92 Å². The first-order valence-corrected chi connectivity index (χ1v) is 15.8. The fourth-order valence-electron chi connectivity index (χ4n) is 5.66. The second-order valence-corrected chi connectivity index (χ2v) is 15.5. The van der Waals surface area contributed by atoms with Gasteiger partial charge in [-0.1, -0.05) is 143 Å². The molecule has 168 valence electrons. The van der Waals surface area contributed by atoms with Gasteiger partial charge in [-0.3, -0.25) is 0 Å². The zero-order valence-corrected chi connectivity index (χ0v) is 21.3. The topological polar surface area (TPSA) is 0 Å². The Labute approximate surface area is 193 Å². The van der Waals surface area contributed by atoms with E-state index in [1.807, 2.05) is 0 Å². The summed E-state index contributed by atoms with van der Waals surface area (Å²) in [6.45, 7) is 7.41. The highest BCUT2D eigenvalue weighted by molar-refractivity contribution is 6.80. The third kappa shape index (κ3) is 7.21. The molecule has 0 aromatic heterocycles. The van der Waals surface area contributed by atoms with Gasteiger partial charge in [-0.15, -0.1) is 0 Å². The Hall–Kier alpha value is -1.60. The van der Waals surface area contributed by atoms with Crippen molar-refractivity contribution >= 4 is 8.07 Å². The highest BCUT2D eigenvalue weighted by Crippen LogP contribution is 2.37. The molecule has 2 aromatic rings. The average molecular weight is 433 g/mol. The zero-order chi connectivity index (χ0) is 21.9. The summed E-state index contributed by atoms with van der Waals surface area (Å²) in [5, 5.41) is 0. The van der Waals surface area contributed by atoms with Gasteiger partial charge >= 0.3 is 0 Å². The summed E-state index contributed by atoms with van der Waals surface area (Å²) in [7, 11) is -1.24. The lowest BCUT2D eigenvalue weighted by Crippen LogP contribution is -2.32. The Morgan fingerprint density at radius 2 is 1.16 bits per heavy atom. The van der Waals surface area contributed by atoms with Gasteiger partial charge in [0.15, 0.2) is 0 Å². The highest BCUT2D eigenvalue weighted by Gasteiger charge is 2.29. The van der Waals surface area contributed by atoms with E-state index in [-0.39, 0.29) is 0 Å². The predicted octanol–water partition coefficient (Wildman–Crippen LogP) is 9.25. The van der Waals surface area contributed by atoms with Crippen LogP contribution in [0.4, 0.5) is 0 Å². The first-order valence-electron chi connectivity index (χ1n) is 13.0. The van der Waals surface area contributed by atoms with Crippen LogP contribution >= 0.6 is 0 Å². The molecule has 0 heterocycles. The maximum Gasteiger partial charge on any atom is 0.0568 e. The van der Waals surface area contributed by atoms with Gasteiger partial charge in [0, 0.05) is 0 Å². The Morgan fingerprint density at radius 3 is 1.65 bits per heavy atom. The van der Waals surface area contributed by atoms with E-state index in [0.29, 0.717) is 0 Å². The van der Waals surface area contributed by atoms with Crippen molar-refractivity contribution in [2.24, 2.45) is 5.92 Å². The molecule has 31 heavy (non-hydrogen) atoms. The van der Waals surface area contributed by atoms with Gasteiger partial charge in [0.05, 0.1) is 8.07 Å². The second kappa shape index (κ2) is 12.4. The molecule has 0 nitrogen and oxygen atoms in total. The van der Waals surface area contributed by atoms with Crippen LogP contribution in [-0.2, 0) is 12.8 Å². The van der Waals surface area contributed by atoms with Gasteiger partial charge in [-0.2, -0.15) is 0 Å². The molecular weight excluding hydrogens is 388 g/mol. The Kier molecular flexibility index (Phi) is 9.65. The molecule has 0 aliphatic heterocycles. The first-order chi connectivity index (χ1) is 15.2. The van der Waals surface area contributed by atoms with Gasteiger partial charge in [0.25, 0.3) is 0 Å². The Morgan fingerprint density at radius 1 is 0.677 bits per heavy atom. The summed E-state index contributed by atoms with van der Waals surface area (Å²) in [6.07, 6.45) is 10.8. The molecule has 1 aliphatic carbocycles. The minimum Gasteiger partial charge on any atom is -0.0689 e. The van der Waals surface area contributed by atoms with Gasteiger partial charge < -0.3 is 0 Å². The predicted molar refractivity (Wildman–Crippen MR) is 141 cm³/mol. The van der Waals surface area contributed by atoms with Crippen molar-refractivity contribution in [3.8, 4) is 0 Å². The molecule has 0 radical (unpaired) electrons. The van der Waals surface area contributed by atoms with Crippen LogP contribution in [0.2, 0.25) is 24.2 Å². The second-order valence-electron chi connectivity index (χ2n) is 9.98. The maximum absolute atomic E-state index is 2.47. The quantitative estimate of drug-likeness (QED) is 0.245. The molecular formula is C30H44Si. The molecule has 0 spiro atoms. The van der Waals surface area contributed by atoms with Crippen LogP contribution in [0.1, 0.15) is 70.4 Å². The molecule has 0 amide bonds. The van der Waals surface area contributed by atoms with E-state index in [1.165, 1.54) is 73.8 Å². The lowest BCUT2D eigenvalue weighted by atomic mass is 9.81. The van der Waals surface area contributed by atoms with Crippen LogP contribution < -0.4 is 0 Å². The van der Waals surface area contributed by atoms with Crippen molar-refractivity contribution in [1.29, 1.82) is 0 Å². The molecule has 1 aliphatic rings. The Balaban J connectivity index is 1.99. The first kappa shape index (κ1) is 24.0. The maximum atomic E-state index is 2.47. The SMILES string of the molecule is CC[Si](CC)(CC)C/C(Cc1ccccc1)=C(/Cc1ccccc1)CC1CCCCC1. The summed E-state index contributed by atoms with van der Waals surface area (Å²) in [6, 6.07) is 28.2. The van der Waals surface area contributed by atoms with E-state index in [9.17, 15) is 0 Å². The fourth-order valence-corrected chi connectivity index (χ4v) is 9.19. The molecule has 1 heteroatoms. The Bertz CT molecular complexity index is 771. The molecule has 0 bridgehead atoms. The van der Waals surface area contributed by atoms with Gasteiger partial charge in [-0.05, 0) is 42.4 Å². The molecule has 0 N–H and O–H groups in total. The van der Waals surface area contributed by atoms with E-state index in [4.69, 9.17) is 0 Å². The number of hydrogen-bond donors (Lipinski definition) is 0. The van der Waals surface area contributed by atoms with Gasteiger partial charge in [0.1, 0.15) is 0 Å². The van der Waals surface area contributed by atoms with Crippen LogP contribution in [0.25, 0.3) is 0 Å². The number of hydrogen-bond acceptors (Lipinski definition) is 0. The normalized spacial score (nSPS) is 16.2. The largest absolute Gasteiger partial charge is 0.0689 e. The summed E-state index contributed by atoms with van der Waals surface area (Å²) < 4.78 is 0. The third-order valence-electron chi connectivity index (χ3n) is 8.12. The standard InChI is InChI=1S/C30H44Si/c1-4-31(5-2,6-3)25-30(24-28-20-14-9-15-21-28)29(22-26-16-10-7-11-17-26)23-27-18-12-8-13-19-27/h7,9-11,14-17,20-21,27H,4-6,8,12-13,18-19,22-25H2,1-3H3/b30-29-.